The molecule has 0 aliphatic rings. The van der Waals surface area contributed by atoms with Gasteiger partial charge < -0.3 is 4.57 Å². The van der Waals surface area contributed by atoms with Gasteiger partial charge in [-0.25, -0.2) is 14.4 Å². The van der Waals surface area contributed by atoms with Crippen LogP contribution in [0.25, 0.3) is 111 Å². The van der Waals surface area contributed by atoms with Gasteiger partial charge in [0, 0.05) is 45.2 Å². The van der Waals surface area contributed by atoms with Gasteiger partial charge in [-0.05, 0) is 123 Å². The third-order valence-electron chi connectivity index (χ3n) is 12.3. The summed E-state index contributed by atoms with van der Waals surface area (Å²) in [4.78, 5) is 9.95. The molecular formula is C58H37FN4. The first-order valence-corrected chi connectivity index (χ1v) is 21.1. The molecule has 0 fully saturated rings. The van der Waals surface area contributed by atoms with Crippen molar-refractivity contribution >= 4 is 43.6 Å². The lowest BCUT2D eigenvalue weighted by atomic mass is 9.93. The average molecular weight is 809 g/mol. The van der Waals surface area contributed by atoms with Gasteiger partial charge in [-0.15, -0.1) is 0 Å². The maximum atomic E-state index is 14.0. The Balaban J connectivity index is 0.888. The third-order valence-corrected chi connectivity index (χ3v) is 12.3. The fraction of sp³-hybridized carbons (Fsp3) is 0. The fourth-order valence-electron chi connectivity index (χ4n) is 9.22. The first kappa shape index (κ1) is 36.4. The molecule has 0 N–H and O–H groups in total. The SMILES string of the molecule is Fc1ccc(-n2c3ccccc3c3ccc(-c4ccc5c(c4)c4ccccc4n5-c4ncc(-c5ccc(-c6cc(-c7ccccc7)cc(-c7ccccc7)c6)cc5)cn4)cc32)cc1. The van der Waals surface area contributed by atoms with Crippen molar-refractivity contribution in [3.8, 4) is 67.3 Å². The van der Waals surface area contributed by atoms with E-state index in [9.17, 15) is 4.39 Å². The number of aromatic nitrogens is 4. The highest BCUT2D eigenvalue weighted by atomic mass is 19.1. The van der Waals surface area contributed by atoms with E-state index in [4.69, 9.17) is 9.97 Å². The Hall–Kier alpha value is -8.41. The van der Waals surface area contributed by atoms with Gasteiger partial charge in [0.05, 0.1) is 22.1 Å². The van der Waals surface area contributed by atoms with Crippen LogP contribution in [0.5, 0.6) is 0 Å². The van der Waals surface area contributed by atoms with E-state index in [0.29, 0.717) is 5.95 Å². The Labute approximate surface area is 363 Å². The summed E-state index contributed by atoms with van der Waals surface area (Å²) in [5.41, 5.74) is 16.4. The van der Waals surface area contributed by atoms with E-state index in [0.717, 1.165) is 82.7 Å². The quantitative estimate of drug-likeness (QED) is 0.161. The first-order chi connectivity index (χ1) is 31.1. The van der Waals surface area contributed by atoms with Crippen LogP contribution in [0.15, 0.2) is 225 Å². The van der Waals surface area contributed by atoms with E-state index in [1.165, 1.54) is 34.4 Å². The fourth-order valence-corrected chi connectivity index (χ4v) is 9.22. The van der Waals surface area contributed by atoms with Gasteiger partial charge in [-0.2, -0.15) is 0 Å². The lowest BCUT2D eigenvalue weighted by Gasteiger charge is -2.12. The molecule has 0 saturated carbocycles. The number of halogens is 1. The zero-order chi connectivity index (χ0) is 41.9. The van der Waals surface area contributed by atoms with E-state index in [1.54, 1.807) is 0 Å². The summed E-state index contributed by atoms with van der Waals surface area (Å²) in [6.07, 6.45) is 3.84. The van der Waals surface area contributed by atoms with E-state index in [1.807, 2.05) is 24.5 Å². The van der Waals surface area contributed by atoms with Crippen molar-refractivity contribution in [1.82, 2.24) is 19.1 Å². The molecule has 0 amide bonds. The number of hydrogen-bond acceptors (Lipinski definition) is 2. The van der Waals surface area contributed by atoms with Crippen molar-refractivity contribution in [2.75, 3.05) is 0 Å². The zero-order valence-corrected chi connectivity index (χ0v) is 34.0. The maximum Gasteiger partial charge on any atom is 0.234 e. The van der Waals surface area contributed by atoms with Gasteiger partial charge in [0.1, 0.15) is 5.82 Å². The molecule has 296 valence electrons. The summed E-state index contributed by atoms with van der Waals surface area (Å²) in [5.74, 6) is 0.366. The average Bonchev–Trinajstić information content (AvgIpc) is 3.87. The molecule has 0 aliphatic carbocycles. The number of hydrogen-bond donors (Lipinski definition) is 0. The third kappa shape index (κ3) is 6.37. The number of para-hydroxylation sites is 2. The number of nitrogens with zero attached hydrogens (tertiary/aromatic N) is 4. The van der Waals surface area contributed by atoms with Crippen molar-refractivity contribution in [2.24, 2.45) is 0 Å². The molecule has 5 heteroatoms. The molecular weight excluding hydrogens is 772 g/mol. The minimum absolute atomic E-state index is 0.251. The van der Waals surface area contributed by atoms with Crippen LogP contribution in [0.2, 0.25) is 0 Å². The van der Waals surface area contributed by atoms with Crippen LogP contribution in [0, 0.1) is 5.82 Å². The van der Waals surface area contributed by atoms with Gasteiger partial charge in [-0.1, -0.05) is 140 Å². The van der Waals surface area contributed by atoms with Gasteiger partial charge in [0.15, 0.2) is 0 Å². The number of benzene rings is 9. The molecule has 0 atom stereocenters. The minimum Gasteiger partial charge on any atom is -0.309 e. The highest BCUT2D eigenvalue weighted by Crippen LogP contribution is 2.39. The summed E-state index contributed by atoms with van der Waals surface area (Å²) in [6, 6.07) is 73.5. The van der Waals surface area contributed by atoms with Crippen molar-refractivity contribution < 1.29 is 4.39 Å². The summed E-state index contributed by atoms with van der Waals surface area (Å²) >= 11 is 0. The molecule has 9 aromatic carbocycles. The van der Waals surface area contributed by atoms with Crippen LogP contribution in [0.4, 0.5) is 4.39 Å². The van der Waals surface area contributed by atoms with E-state index in [2.05, 4.69) is 197 Å². The molecule has 0 bridgehead atoms. The van der Waals surface area contributed by atoms with E-state index < -0.39 is 0 Å². The van der Waals surface area contributed by atoms with E-state index >= 15 is 0 Å². The summed E-state index contributed by atoms with van der Waals surface area (Å²) in [6.45, 7) is 0. The van der Waals surface area contributed by atoms with Crippen LogP contribution >= 0.6 is 0 Å². The van der Waals surface area contributed by atoms with Gasteiger partial charge >= 0.3 is 0 Å². The molecule has 3 aromatic heterocycles. The molecule has 12 rings (SSSR count). The molecule has 0 unspecified atom stereocenters. The summed E-state index contributed by atoms with van der Waals surface area (Å²) < 4.78 is 18.4. The number of fused-ring (bicyclic) bond motifs is 6. The standard InChI is InChI=1S/C58H37FN4/c59-48-25-27-49(28-26-48)62-54-17-9-7-15-50(54)52-29-23-43(35-57(52)62)42-24-30-56-53(34-42)51-16-8-10-18-55(51)63(56)58-60-36-47(37-61-58)41-21-19-40(20-22-41)46-32-44(38-11-3-1-4-12-38)31-45(33-46)39-13-5-2-6-14-39/h1-37H. The molecule has 3 heterocycles. The zero-order valence-electron chi connectivity index (χ0n) is 34.0. The molecule has 63 heavy (non-hydrogen) atoms. The Morgan fingerprint density at radius 3 is 1.35 bits per heavy atom. The predicted molar refractivity (Wildman–Crippen MR) is 258 cm³/mol. The Kier molecular flexibility index (Phi) is 8.64. The van der Waals surface area contributed by atoms with Crippen LogP contribution in [-0.2, 0) is 0 Å². The topological polar surface area (TPSA) is 35.6 Å². The second-order valence-corrected chi connectivity index (χ2v) is 16.0. The van der Waals surface area contributed by atoms with Crippen molar-refractivity contribution in [3.05, 3.63) is 231 Å². The Morgan fingerprint density at radius 2 is 0.730 bits per heavy atom. The predicted octanol–water partition coefficient (Wildman–Crippen LogP) is 15.1. The van der Waals surface area contributed by atoms with Crippen LogP contribution < -0.4 is 0 Å². The van der Waals surface area contributed by atoms with E-state index in [-0.39, 0.29) is 5.82 Å². The molecule has 12 aromatic rings. The van der Waals surface area contributed by atoms with Gasteiger partial charge in [0.2, 0.25) is 5.95 Å². The largest absolute Gasteiger partial charge is 0.309 e. The normalized spacial score (nSPS) is 11.6. The minimum atomic E-state index is -0.251. The molecule has 4 nitrogen and oxygen atoms in total. The number of rotatable bonds is 7. The van der Waals surface area contributed by atoms with Crippen molar-refractivity contribution in [1.29, 1.82) is 0 Å². The Morgan fingerprint density at radius 1 is 0.286 bits per heavy atom. The molecule has 0 aliphatic heterocycles. The molecule has 0 radical (unpaired) electrons. The highest BCUT2D eigenvalue weighted by Gasteiger charge is 2.18. The molecule has 0 saturated heterocycles. The van der Waals surface area contributed by atoms with Crippen LogP contribution in [0.3, 0.4) is 0 Å². The lowest BCUT2D eigenvalue weighted by molar-refractivity contribution is 0.627. The van der Waals surface area contributed by atoms with Gasteiger partial charge in [0.25, 0.3) is 0 Å². The highest BCUT2D eigenvalue weighted by molar-refractivity contribution is 6.12. The first-order valence-electron chi connectivity index (χ1n) is 21.1. The smallest absolute Gasteiger partial charge is 0.234 e. The van der Waals surface area contributed by atoms with Crippen molar-refractivity contribution in [2.45, 2.75) is 0 Å². The second kappa shape index (κ2) is 14.9. The van der Waals surface area contributed by atoms with Crippen LogP contribution in [-0.4, -0.2) is 19.1 Å². The van der Waals surface area contributed by atoms with Crippen LogP contribution in [0.1, 0.15) is 0 Å². The monoisotopic (exact) mass is 808 g/mol. The maximum absolute atomic E-state index is 14.0. The Bertz CT molecular complexity index is 3590. The second-order valence-electron chi connectivity index (χ2n) is 16.0. The molecule has 0 spiro atoms. The summed E-state index contributed by atoms with van der Waals surface area (Å²) in [7, 11) is 0. The van der Waals surface area contributed by atoms with Crippen molar-refractivity contribution in [3.63, 3.8) is 0 Å². The summed E-state index contributed by atoms with van der Waals surface area (Å²) in [5, 5.41) is 4.56. The lowest BCUT2D eigenvalue weighted by Crippen LogP contribution is -2.00. The van der Waals surface area contributed by atoms with Gasteiger partial charge in [-0.3, -0.25) is 4.57 Å².